The van der Waals surface area contributed by atoms with Crippen LogP contribution in [0, 0.1) is 17.0 Å². The lowest BCUT2D eigenvalue weighted by molar-refractivity contribution is -0.384. The third-order valence-corrected chi connectivity index (χ3v) is 2.63. The molecule has 2 aromatic rings. The molecule has 1 unspecified atom stereocenters. The molecular formula is C11H12N4O4. The Morgan fingerprint density at radius 3 is 2.95 bits per heavy atom. The number of hydrogen-bond donors (Lipinski definition) is 2. The second kappa shape index (κ2) is 5.12. The van der Waals surface area contributed by atoms with E-state index in [1.165, 1.54) is 12.1 Å². The standard InChI is InChI=1S/C11H12N4O4/c1-6-2-3-7(15(17)18)4-8(6)11-13-10(14-19-11)9(12)5-16/h2-4,9,16H,5,12H2,1H3. The van der Waals surface area contributed by atoms with Gasteiger partial charge in [-0.15, -0.1) is 0 Å². The smallest absolute Gasteiger partial charge is 0.270 e. The largest absolute Gasteiger partial charge is 0.394 e. The Labute approximate surface area is 108 Å². The van der Waals surface area contributed by atoms with Crippen LogP contribution in [0.4, 0.5) is 5.69 Å². The number of aromatic nitrogens is 2. The van der Waals surface area contributed by atoms with Gasteiger partial charge in [-0.2, -0.15) is 4.98 Å². The highest BCUT2D eigenvalue weighted by molar-refractivity contribution is 5.62. The molecule has 0 aliphatic rings. The lowest BCUT2D eigenvalue weighted by Gasteiger charge is -2.01. The molecule has 1 atom stereocenters. The SMILES string of the molecule is Cc1ccc([N+](=O)[O-])cc1-c1nc(C(N)CO)no1. The molecule has 0 amide bonds. The molecule has 8 nitrogen and oxygen atoms in total. The Morgan fingerprint density at radius 1 is 1.58 bits per heavy atom. The lowest BCUT2D eigenvalue weighted by Crippen LogP contribution is -2.15. The minimum Gasteiger partial charge on any atom is -0.394 e. The van der Waals surface area contributed by atoms with Crippen molar-refractivity contribution in [1.82, 2.24) is 10.1 Å². The maximum absolute atomic E-state index is 10.7. The van der Waals surface area contributed by atoms with Gasteiger partial charge in [0.05, 0.1) is 17.6 Å². The number of nitrogens with zero attached hydrogens (tertiary/aromatic N) is 3. The van der Waals surface area contributed by atoms with E-state index in [1.807, 2.05) is 0 Å². The Hall–Kier alpha value is -2.32. The van der Waals surface area contributed by atoms with E-state index in [2.05, 4.69) is 10.1 Å². The van der Waals surface area contributed by atoms with Gasteiger partial charge >= 0.3 is 0 Å². The Kier molecular flexibility index (Phi) is 3.54. The van der Waals surface area contributed by atoms with E-state index in [1.54, 1.807) is 13.0 Å². The highest BCUT2D eigenvalue weighted by Crippen LogP contribution is 2.26. The number of hydrogen-bond acceptors (Lipinski definition) is 7. The summed E-state index contributed by atoms with van der Waals surface area (Å²) in [6, 6.07) is 3.62. The highest BCUT2D eigenvalue weighted by atomic mass is 16.6. The fourth-order valence-electron chi connectivity index (χ4n) is 1.53. The van der Waals surface area contributed by atoms with Crippen LogP contribution < -0.4 is 5.73 Å². The van der Waals surface area contributed by atoms with Crippen molar-refractivity contribution < 1.29 is 14.6 Å². The molecule has 100 valence electrons. The van der Waals surface area contributed by atoms with E-state index in [-0.39, 0.29) is 24.0 Å². The molecule has 0 saturated heterocycles. The molecule has 0 fully saturated rings. The summed E-state index contributed by atoms with van der Waals surface area (Å²) >= 11 is 0. The van der Waals surface area contributed by atoms with Crippen LogP contribution in [-0.2, 0) is 0 Å². The fourth-order valence-corrected chi connectivity index (χ4v) is 1.53. The topological polar surface area (TPSA) is 128 Å². The maximum atomic E-state index is 10.7. The maximum Gasteiger partial charge on any atom is 0.270 e. The first kappa shape index (κ1) is 13.1. The van der Waals surface area contributed by atoms with E-state index >= 15 is 0 Å². The zero-order chi connectivity index (χ0) is 14.0. The number of nitro groups is 1. The minimum atomic E-state index is -0.739. The molecular weight excluding hydrogens is 252 g/mol. The molecule has 1 heterocycles. The average Bonchev–Trinajstić information content (AvgIpc) is 2.87. The van der Waals surface area contributed by atoms with E-state index in [0.717, 1.165) is 5.56 Å². The van der Waals surface area contributed by atoms with Gasteiger partial charge < -0.3 is 15.4 Å². The summed E-state index contributed by atoms with van der Waals surface area (Å²) in [4.78, 5) is 14.3. The van der Waals surface area contributed by atoms with E-state index < -0.39 is 11.0 Å². The van der Waals surface area contributed by atoms with Gasteiger partial charge in [0.1, 0.15) is 0 Å². The molecule has 0 aliphatic heterocycles. The van der Waals surface area contributed by atoms with Crippen LogP contribution in [0.15, 0.2) is 22.7 Å². The van der Waals surface area contributed by atoms with Crippen molar-refractivity contribution in [3.63, 3.8) is 0 Å². The van der Waals surface area contributed by atoms with Gasteiger partial charge in [0, 0.05) is 17.7 Å². The molecule has 1 aromatic carbocycles. The first-order chi connectivity index (χ1) is 9.02. The van der Waals surface area contributed by atoms with Crippen molar-refractivity contribution in [1.29, 1.82) is 0 Å². The van der Waals surface area contributed by atoms with Crippen LogP contribution in [0.5, 0.6) is 0 Å². The summed E-state index contributed by atoms with van der Waals surface area (Å²) in [6.07, 6.45) is 0. The van der Waals surface area contributed by atoms with Gasteiger partial charge in [-0.25, -0.2) is 0 Å². The Morgan fingerprint density at radius 2 is 2.32 bits per heavy atom. The second-order valence-corrected chi connectivity index (χ2v) is 4.00. The second-order valence-electron chi connectivity index (χ2n) is 4.00. The van der Waals surface area contributed by atoms with Crippen LogP contribution >= 0.6 is 0 Å². The molecule has 0 saturated carbocycles. The highest BCUT2D eigenvalue weighted by Gasteiger charge is 2.18. The van der Waals surface area contributed by atoms with Crippen LogP contribution in [0.25, 0.3) is 11.5 Å². The third-order valence-electron chi connectivity index (χ3n) is 2.63. The molecule has 0 bridgehead atoms. The van der Waals surface area contributed by atoms with Gasteiger partial charge in [-0.3, -0.25) is 10.1 Å². The first-order valence-electron chi connectivity index (χ1n) is 5.48. The van der Waals surface area contributed by atoms with E-state index in [4.69, 9.17) is 15.4 Å². The number of aliphatic hydroxyl groups excluding tert-OH is 1. The predicted octanol–water partition coefficient (Wildman–Crippen LogP) is 0.945. The van der Waals surface area contributed by atoms with Crippen molar-refractivity contribution in [2.75, 3.05) is 6.61 Å². The third kappa shape index (κ3) is 2.59. The van der Waals surface area contributed by atoms with E-state index in [9.17, 15) is 10.1 Å². The fraction of sp³-hybridized carbons (Fsp3) is 0.273. The summed E-state index contributed by atoms with van der Waals surface area (Å²) in [5.41, 5.74) is 6.73. The number of rotatable bonds is 4. The van der Waals surface area contributed by atoms with Crippen molar-refractivity contribution in [3.05, 3.63) is 39.7 Å². The predicted molar refractivity (Wildman–Crippen MR) is 65.1 cm³/mol. The molecule has 19 heavy (non-hydrogen) atoms. The van der Waals surface area contributed by atoms with Gasteiger partial charge in [0.15, 0.2) is 5.82 Å². The molecule has 8 heteroatoms. The molecule has 3 N–H and O–H groups in total. The first-order valence-corrected chi connectivity index (χ1v) is 5.48. The average molecular weight is 264 g/mol. The summed E-state index contributed by atoms with van der Waals surface area (Å²) < 4.78 is 5.01. The summed E-state index contributed by atoms with van der Waals surface area (Å²) in [5, 5.41) is 23.3. The lowest BCUT2D eigenvalue weighted by atomic mass is 10.1. The molecule has 1 aromatic heterocycles. The van der Waals surface area contributed by atoms with Gasteiger partial charge in [-0.05, 0) is 12.5 Å². The minimum absolute atomic E-state index is 0.0631. The molecule has 0 aliphatic carbocycles. The number of nitrogens with two attached hydrogens (primary N) is 1. The molecule has 2 rings (SSSR count). The summed E-state index contributed by atoms with van der Waals surface area (Å²) in [6.45, 7) is 1.46. The van der Waals surface area contributed by atoms with Crippen molar-refractivity contribution in [3.8, 4) is 11.5 Å². The summed E-state index contributed by atoms with van der Waals surface area (Å²) in [5.74, 6) is 0.295. The number of nitro benzene ring substituents is 1. The van der Waals surface area contributed by atoms with Crippen molar-refractivity contribution in [2.45, 2.75) is 13.0 Å². The van der Waals surface area contributed by atoms with Crippen LogP contribution in [0.1, 0.15) is 17.4 Å². The monoisotopic (exact) mass is 264 g/mol. The van der Waals surface area contributed by atoms with Gasteiger partial charge in [0.2, 0.25) is 0 Å². The number of aryl methyl sites for hydroxylation is 1. The normalized spacial score (nSPS) is 12.4. The quantitative estimate of drug-likeness (QED) is 0.621. The van der Waals surface area contributed by atoms with E-state index in [0.29, 0.717) is 5.56 Å². The zero-order valence-corrected chi connectivity index (χ0v) is 10.1. The number of aliphatic hydroxyl groups is 1. The Bertz CT molecular complexity index is 610. The van der Waals surface area contributed by atoms with Crippen LogP contribution in [0.3, 0.4) is 0 Å². The molecule has 0 spiro atoms. The van der Waals surface area contributed by atoms with Crippen LogP contribution in [0.2, 0.25) is 0 Å². The van der Waals surface area contributed by atoms with Crippen molar-refractivity contribution in [2.24, 2.45) is 5.73 Å². The number of benzene rings is 1. The van der Waals surface area contributed by atoms with Crippen molar-refractivity contribution >= 4 is 5.69 Å². The summed E-state index contributed by atoms with van der Waals surface area (Å²) in [7, 11) is 0. The van der Waals surface area contributed by atoms with Gasteiger partial charge in [0.25, 0.3) is 11.6 Å². The number of non-ortho nitro benzene ring substituents is 1. The zero-order valence-electron chi connectivity index (χ0n) is 10.1. The Balaban J connectivity index is 2.43. The molecule has 0 radical (unpaired) electrons. The van der Waals surface area contributed by atoms with Crippen LogP contribution in [-0.4, -0.2) is 26.8 Å². The van der Waals surface area contributed by atoms with Gasteiger partial charge in [-0.1, -0.05) is 11.2 Å².